The second-order valence-corrected chi connectivity index (χ2v) is 11.8. The standard InChI is InChI=1S/C40H52N2O2/c1-43-37-25-23-34(24-26-37)27-30-41-29-12-11-21-39(36-18-7-4-8-19-36)40(22-10-9-16-33-14-5-3-6-15-33)42-31-28-35-17-13-20-38(32-35)44-2/h3-8,13-15,17-20,23-26,32,39-42H,9-12,16,21-22,27-31H2,1-2H3. The van der Waals surface area contributed by atoms with Gasteiger partial charge in [-0.15, -0.1) is 0 Å². The van der Waals surface area contributed by atoms with Crippen LogP contribution in [0.5, 0.6) is 11.5 Å². The second-order valence-electron chi connectivity index (χ2n) is 11.8. The van der Waals surface area contributed by atoms with Crippen LogP contribution in [0, 0.1) is 0 Å². The Morgan fingerprint density at radius 1 is 0.523 bits per heavy atom. The first-order valence-electron chi connectivity index (χ1n) is 16.5. The Balaban J connectivity index is 1.31. The van der Waals surface area contributed by atoms with Crippen molar-refractivity contribution in [3.8, 4) is 11.5 Å². The first kappa shape index (κ1) is 33.3. The predicted octanol–water partition coefficient (Wildman–Crippen LogP) is 8.40. The topological polar surface area (TPSA) is 42.5 Å². The molecule has 0 aliphatic rings. The number of ether oxygens (including phenoxy) is 2. The number of hydrogen-bond donors (Lipinski definition) is 2. The largest absolute Gasteiger partial charge is 0.497 e. The molecule has 234 valence electrons. The predicted molar refractivity (Wildman–Crippen MR) is 185 cm³/mol. The molecule has 2 N–H and O–H groups in total. The van der Waals surface area contributed by atoms with E-state index in [4.69, 9.17) is 9.47 Å². The highest BCUT2D eigenvalue weighted by Gasteiger charge is 2.22. The van der Waals surface area contributed by atoms with Crippen molar-refractivity contribution in [1.82, 2.24) is 10.6 Å². The van der Waals surface area contributed by atoms with Crippen LogP contribution >= 0.6 is 0 Å². The molecule has 0 bridgehead atoms. The van der Waals surface area contributed by atoms with Gasteiger partial charge in [0.25, 0.3) is 0 Å². The van der Waals surface area contributed by atoms with Crippen LogP contribution in [0.4, 0.5) is 0 Å². The normalized spacial score (nSPS) is 12.5. The summed E-state index contributed by atoms with van der Waals surface area (Å²) in [6.45, 7) is 3.03. The molecule has 0 aliphatic carbocycles. The Morgan fingerprint density at radius 3 is 1.93 bits per heavy atom. The number of nitrogens with one attached hydrogen (secondary N) is 2. The lowest BCUT2D eigenvalue weighted by Gasteiger charge is -2.29. The molecule has 0 fully saturated rings. The molecule has 4 aromatic carbocycles. The summed E-state index contributed by atoms with van der Waals surface area (Å²) < 4.78 is 10.7. The monoisotopic (exact) mass is 592 g/mol. The van der Waals surface area contributed by atoms with Gasteiger partial charge in [-0.05, 0) is 117 Å². The van der Waals surface area contributed by atoms with Crippen molar-refractivity contribution in [2.24, 2.45) is 0 Å². The van der Waals surface area contributed by atoms with Crippen molar-refractivity contribution in [2.45, 2.75) is 69.7 Å². The van der Waals surface area contributed by atoms with E-state index >= 15 is 0 Å². The molecule has 44 heavy (non-hydrogen) atoms. The van der Waals surface area contributed by atoms with Gasteiger partial charge in [0.15, 0.2) is 0 Å². The van der Waals surface area contributed by atoms with Crippen LogP contribution in [0.1, 0.15) is 66.7 Å². The molecule has 2 atom stereocenters. The molecule has 4 aromatic rings. The van der Waals surface area contributed by atoms with Gasteiger partial charge in [-0.1, -0.05) is 97.8 Å². The average molecular weight is 593 g/mol. The second kappa shape index (κ2) is 19.6. The number of unbranched alkanes of at least 4 members (excludes halogenated alkanes) is 2. The molecule has 4 heteroatoms. The van der Waals surface area contributed by atoms with Gasteiger partial charge in [0.05, 0.1) is 14.2 Å². The maximum Gasteiger partial charge on any atom is 0.119 e. The van der Waals surface area contributed by atoms with Crippen LogP contribution in [-0.4, -0.2) is 39.9 Å². The van der Waals surface area contributed by atoms with E-state index in [1.165, 1.54) is 60.8 Å². The van der Waals surface area contributed by atoms with Crippen molar-refractivity contribution < 1.29 is 9.47 Å². The average Bonchev–Trinajstić information content (AvgIpc) is 3.08. The molecule has 4 nitrogen and oxygen atoms in total. The molecule has 0 amide bonds. The minimum Gasteiger partial charge on any atom is -0.497 e. The van der Waals surface area contributed by atoms with Crippen molar-refractivity contribution in [2.75, 3.05) is 33.9 Å². The van der Waals surface area contributed by atoms with Gasteiger partial charge in [-0.2, -0.15) is 0 Å². The van der Waals surface area contributed by atoms with E-state index in [1.54, 1.807) is 14.2 Å². The van der Waals surface area contributed by atoms with E-state index in [0.29, 0.717) is 12.0 Å². The highest BCUT2D eigenvalue weighted by atomic mass is 16.5. The minimum absolute atomic E-state index is 0.446. The third kappa shape index (κ3) is 11.8. The van der Waals surface area contributed by atoms with Crippen LogP contribution in [0.2, 0.25) is 0 Å². The third-order valence-corrected chi connectivity index (χ3v) is 8.61. The Hall–Kier alpha value is -3.60. The number of hydrogen-bond acceptors (Lipinski definition) is 4. The van der Waals surface area contributed by atoms with E-state index < -0.39 is 0 Å². The fraction of sp³-hybridized carbons (Fsp3) is 0.400. The van der Waals surface area contributed by atoms with Crippen LogP contribution < -0.4 is 20.1 Å². The van der Waals surface area contributed by atoms with Crippen LogP contribution in [0.3, 0.4) is 0 Å². The molecule has 0 saturated heterocycles. The summed E-state index contributed by atoms with van der Waals surface area (Å²) in [5, 5.41) is 7.69. The molecule has 0 radical (unpaired) electrons. The van der Waals surface area contributed by atoms with Gasteiger partial charge < -0.3 is 20.1 Å². The smallest absolute Gasteiger partial charge is 0.119 e. The molecule has 0 spiro atoms. The minimum atomic E-state index is 0.446. The van der Waals surface area contributed by atoms with E-state index in [2.05, 4.69) is 102 Å². The zero-order chi connectivity index (χ0) is 30.7. The highest BCUT2D eigenvalue weighted by molar-refractivity contribution is 5.29. The summed E-state index contributed by atoms with van der Waals surface area (Å²) in [4.78, 5) is 0. The van der Waals surface area contributed by atoms with E-state index in [1.807, 2.05) is 18.2 Å². The Labute approximate surface area is 266 Å². The number of rotatable bonds is 21. The fourth-order valence-electron chi connectivity index (χ4n) is 6.08. The zero-order valence-corrected chi connectivity index (χ0v) is 26.8. The molecule has 4 rings (SSSR count). The molecular weight excluding hydrogens is 540 g/mol. The summed E-state index contributed by atoms with van der Waals surface area (Å²) in [6, 6.07) is 39.4. The summed E-state index contributed by atoms with van der Waals surface area (Å²) in [7, 11) is 3.45. The van der Waals surface area contributed by atoms with Crippen LogP contribution in [0.25, 0.3) is 0 Å². The fourth-order valence-corrected chi connectivity index (χ4v) is 6.08. The molecule has 0 aromatic heterocycles. The van der Waals surface area contributed by atoms with Gasteiger partial charge in [0.2, 0.25) is 0 Å². The lowest BCUT2D eigenvalue weighted by Crippen LogP contribution is -2.36. The summed E-state index contributed by atoms with van der Waals surface area (Å²) >= 11 is 0. The lowest BCUT2D eigenvalue weighted by atomic mass is 9.84. The highest BCUT2D eigenvalue weighted by Crippen LogP contribution is 2.29. The first-order chi connectivity index (χ1) is 21.7. The van der Waals surface area contributed by atoms with Crippen molar-refractivity contribution in [3.05, 3.63) is 131 Å². The van der Waals surface area contributed by atoms with E-state index in [-0.39, 0.29) is 0 Å². The Morgan fingerprint density at radius 2 is 1.18 bits per heavy atom. The van der Waals surface area contributed by atoms with Crippen LogP contribution in [-0.2, 0) is 19.3 Å². The molecule has 0 aliphatic heterocycles. The third-order valence-electron chi connectivity index (χ3n) is 8.61. The number of benzene rings is 4. The SMILES string of the molecule is COc1ccc(CCNCCCCC(c2ccccc2)C(CCCCc2ccccc2)NCCc2cccc(OC)c2)cc1. The first-order valence-corrected chi connectivity index (χ1v) is 16.5. The Bertz CT molecular complexity index is 1290. The number of methoxy groups -OCH3 is 2. The molecule has 2 unspecified atom stereocenters. The van der Waals surface area contributed by atoms with Gasteiger partial charge >= 0.3 is 0 Å². The molecule has 0 heterocycles. The molecular formula is C40H52N2O2. The summed E-state index contributed by atoms with van der Waals surface area (Å²) in [5.74, 6) is 2.34. The summed E-state index contributed by atoms with van der Waals surface area (Å²) in [6.07, 6.45) is 10.4. The van der Waals surface area contributed by atoms with E-state index in [0.717, 1.165) is 50.4 Å². The lowest BCUT2D eigenvalue weighted by molar-refractivity contribution is 0.372. The zero-order valence-electron chi connectivity index (χ0n) is 26.8. The molecule has 0 saturated carbocycles. The van der Waals surface area contributed by atoms with Crippen molar-refractivity contribution in [1.29, 1.82) is 0 Å². The quantitative estimate of drug-likeness (QED) is 0.0954. The summed E-state index contributed by atoms with van der Waals surface area (Å²) in [5.41, 5.74) is 5.56. The Kier molecular flexibility index (Phi) is 14.9. The van der Waals surface area contributed by atoms with Crippen LogP contribution in [0.15, 0.2) is 109 Å². The van der Waals surface area contributed by atoms with Gasteiger partial charge in [0, 0.05) is 6.04 Å². The maximum absolute atomic E-state index is 5.46. The van der Waals surface area contributed by atoms with Gasteiger partial charge in [-0.3, -0.25) is 0 Å². The maximum atomic E-state index is 5.46. The van der Waals surface area contributed by atoms with Crippen molar-refractivity contribution >= 4 is 0 Å². The van der Waals surface area contributed by atoms with Gasteiger partial charge in [0.1, 0.15) is 11.5 Å². The van der Waals surface area contributed by atoms with Crippen molar-refractivity contribution in [3.63, 3.8) is 0 Å². The number of aryl methyl sites for hydroxylation is 1. The van der Waals surface area contributed by atoms with Gasteiger partial charge in [-0.25, -0.2) is 0 Å². The van der Waals surface area contributed by atoms with E-state index in [9.17, 15) is 0 Å².